The van der Waals surface area contributed by atoms with Gasteiger partial charge in [-0.05, 0) is 26.7 Å². The van der Waals surface area contributed by atoms with Crippen LogP contribution in [0.5, 0.6) is 0 Å². The van der Waals surface area contributed by atoms with Crippen molar-refractivity contribution in [2.45, 2.75) is 39.3 Å². The Morgan fingerprint density at radius 1 is 1.38 bits per heavy atom. The summed E-state index contributed by atoms with van der Waals surface area (Å²) in [6, 6.07) is 0. The van der Waals surface area contributed by atoms with Gasteiger partial charge in [-0.15, -0.1) is 6.58 Å². The molecule has 0 saturated carbocycles. The molecule has 2 nitrogen and oxygen atoms in total. The molecule has 0 saturated heterocycles. The molecule has 1 atom stereocenters. The van der Waals surface area contributed by atoms with Crippen LogP contribution in [0.3, 0.4) is 0 Å². The molecule has 0 amide bonds. The molecule has 0 aromatic heterocycles. The van der Waals surface area contributed by atoms with Crippen LogP contribution in [-0.2, 0) is 9.53 Å². The van der Waals surface area contributed by atoms with Gasteiger partial charge in [-0.1, -0.05) is 6.08 Å². The van der Waals surface area contributed by atoms with Gasteiger partial charge >= 0.3 is 12.1 Å². The highest BCUT2D eigenvalue weighted by Crippen LogP contribution is 2.30. The van der Waals surface area contributed by atoms with E-state index in [1.807, 2.05) is 0 Å². The van der Waals surface area contributed by atoms with Crippen molar-refractivity contribution in [3.63, 3.8) is 0 Å². The molecule has 0 heterocycles. The zero-order chi connectivity index (χ0) is 12.8. The number of ether oxygens (including phenoxy) is 1. The van der Waals surface area contributed by atoms with Crippen LogP contribution < -0.4 is 0 Å². The van der Waals surface area contributed by atoms with Gasteiger partial charge in [0, 0.05) is 6.42 Å². The van der Waals surface area contributed by atoms with E-state index in [0.717, 1.165) is 0 Å². The summed E-state index contributed by atoms with van der Waals surface area (Å²) >= 11 is 0. The molecule has 0 aromatic rings. The van der Waals surface area contributed by atoms with Crippen molar-refractivity contribution in [3.05, 3.63) is 12.7 Å². The van der Waals surface area contributed by atoms with E-state index in [1.54, 1.807) is 6.92 Å². The minimum Gasteiger partial charge on any atom is -0.465 e. The van der Waals surface area contributed by atoms with Crippen molar-refractivity contribution in [2.75, 3.05) is 6.61 Å². The summed E-state index contributed by atoms with van der Waals surface area (Å²) in [5, 5.41) is 0. The zero-order valence-corrected chi connectivity index (χ0v) is 9.56. The van der Waals surface area contributed by atoms with Crippen LogP contribution in [0.1, 0.15) is 33.1 Å². The van der Waals surface area contributed by atoms with Gasteiger partial charge in [-0.3, -0.25) is 4.79 Å². The number of hydrogen-bond acceptors (Lipinski definition) is 2. The molecule has 0 aliphatic rings. The highest BCUT2D eigenvalue weighted by Gasteiger charge is 2.33. The molecule has 0 aromatic carbocycles. The minimum atomic E-state index is -4.18. The van der Waals surface area contributed by atoms with E-state index < -0.39 is 24.0 Å². The summed E-state index contributed by atoms with van der Waals surface area (Å²) in [4.78, 5) is 11.5. The maximum atomic E-state index is 11.9. The molecule has 5 heteroatoms. The van der Waals surface area contributed by atoms with Gasteiger partial charge in [-0.25, -0.2) is 0 Å². The van der Waals surface area contributed by atoms with Gasteiger partial charge < -0.3 is 4.74 Å². The van der Waals surface area contributed by atoms with Crippen molar-refractivity contribution in [3.8, 4) is 0 Å². The summed E-state index contributed by atoms with van der Waals surface area (Å²) in [6.07, 6.45) is -3.74. The highest BCUT2D eigenvalue weighted by atomic mass is 19.4. The van der Waals surface area contributed by atoms with Crippen molar-refractivity contribution in [2.24, 2.45) is 5.41 Å². The number of carbonyl (C=O) groups is 1. The Labute approximate surface area is 93.5 Å². The maximum Gasteiger partial charge on any atom is 0.389 e. The molecule has 0 spiro atoms. The molecule has 0 bridgehead atoms. The standard InChI is InChI=1S/C11H17F3O2/c1-4-10(3,9(15)16-5-2)7-6-8-11(12,13)14/h4H,1,5-8H2,2-3H3. The lowest BCUT2D eigenvalue weighted by atomic mass is 9.85. The van der Waals surface area contributed by atoms with Crippen LogP contribution in [0.2, 0.25) is 0 Å². The van der Waals surface area contributed by atoms with Crippen LogP contribution in [0, 0.1) is 5.41 Å². The van der Waals surface area contributed by atoms with Crippen molar-refractivity contribution < 1.29 is 22.7 Å². The second kappa shape index (κ2) is 5.92. The Bertz CT molecular complexity index is 248. The fraction of sp³-hybridized carbons (Fsp3) is 0.727. The molecule has 0 N–H and O–H groups in total. The fourth-order valence-electron chi connectivity index (χ4n) is 1.24. The quantitative estimate of drug-likeness (QED) is 0.523. The molecule has 0 rings (SSSR count). The van der Waals surface area contributed by atoms with Gasteiger partial charge in [0.2, 0.25) is 0 Å². The average molecular weight is 238 g/mol. The fourth-order valence-corrected chi connectivity index (χ4v) is 1.24. The molecule has 0 radical (unpaired) electrons. The first-order chi connectivity index (χ1) is 7.25. The third kappa shape index (κ3) is 5.19. The van der Waals surface area contributed by atoms with E-state index in [-0.39, 0.29) is 19.4 Å². The predicted octanol–water partition coefficient (Wildman–Crippen LogP) is 3.47. The summed E-state index contributed by atoms with van der Waals surface area (Å²) < 4.78 is 40.6. The molecule has 16 heavy (non-hydrogen) atoms. The topological polar surface area (TPSA) is 26.3 Å². The zero-order valence-electron chi connectivity index (χ0n) is 9.56. The van der Waals surface area contributed by atoms with Crippen molar-refractivity contribution in [1.82, 2.24) is 0 Å². The lowest BCUT2D eigenvalue weighted by Gasteiger charge is -2.23. The molecule has 0 fully saturated rings. The lowest BCUT2D eigenvalue weighted by Crippen LogP contribution is -2.28. The van der Waals surface area contributed by atoms with Crippen molar-refractivity contribution >= 4 is 5.97 Å². The number of esters is 1. The second-order valence-electron chi connectivity index (χ2n) is 3.81. The van der Waals surface area contributed by atoms with Crippen LogP contribution in [-0.4, -0.2) is 18.8 Å². The molecule has 1 unspecified atom stereocenters. The third-order valence-electron chi connectivity index (χ3n) is 2.35. The van der Waals surface area contributed by atoms with Gasteiger partial charge in [0.05, 0.1) is 12.0 Å². The minimum absolute atomic E-state index is 0.0921. The molecular formula is C11H17F3O2. The van der Waals surface area contributed by atoms with E-state index in [9.17, 15) is 18.0 Å². The first-order valence-electron chi connectivity index (χ1n) is 5.13. The monoisotopic (exact) mass is 238 g/mol. The van der Waals surface area contributed by atoms with Gasteiger partial charge in [0.15, 0.2) is 0 Å². The number of hydrogen-bond donors (Lipinski definition) is 0. The summed E-state index contributed by atoms with van der Waals surface area (Å²) in [5.74, 6) is -0.521. The van der Waals surface area contributed by atoms with E-state index in [1.165, 1.54) is 13.0 Å². The Morgan fingerprint density at radius 2 is 1.94 bits per heavy atom. The largest absolute Gasteiger partial charge is 0.465 e. The Hall–Kier alpha value is -1.00. The number of alkyl halides is 3. The van der Waals surface area contributed by atoms with Gasteiger partial charge in [0.25, 0.3) is 0 Å². The number of carbonyl (C=O) groups excluding carboxylic acids is 1. The smallest absolute Gasteiger partial charge is 0.389 e. The first kappa shape index (κ1) is 15.0. The SMILES string of the molecule is C=CC(C)(CCCC(F)(F)F)C(=O)OCC. The van der Waals surface area contributed by atoms with Gasteiger partial charge in [0.1, 0.15) is 0 Å². The third-order valence-corrected chi connectivity index (χ3v) is 2.35. The summed E-state index contributed by atoms with van der Waals surface area (Å²) in [6.45, 7) is 6.86. The van der Waals surface area contributed by atoms with E-state index in [4.69, 9.17) is 4.74 Å². The van der Waals surface area contributed by atoms with E-state index >= 15 is 0 Å². The average Bonchev–Trinajstić information content (AvgIpc) is 2.15. The van der Waals surface area contributed by atoms with Gasteiger partial charge in [-0.2, -0.15) is 13.2 Å². The molecule has 94 valence electrons. The normalized spacial score (nSPS) is 15.3. The number of halogens is 3. The number of rotatable bonds is 6. The summed E-state index contributed by atoms with van der Waals surface area (Å²) in [5.41, 5.74) is -1.03. The predicted molar refractivity (Wildman–Crippen MR) is 54.8 cm³/mol. The van der Waals surface area contributed by atoms with E-state index in [0.29, 0.717) is 0 Å². The Morgan fingerprint density at radius 3 is 2.31 bits per heavy atom. The Balaban J connectivity index is 4.27. The van der Waals surface area contributed by atoms with Crippen molar-refractivity contribution in [1.29, 1.82) is 0 Å². The summed E-state index contributed by atoms with van der Waals surface area (Å²) in [7, 11) is 0. The molecule has 0 aliphatic carbocycles. The molecule has 0 aliphatic heterocycles. The molecular weight excluding hydrogens is 221 g/mol. The second-order valence-corrected chi connectivity index (χ2v) is 3.81. The first-order valence-corrected chi connectivity index (χ1v) is 5.13. The van der Waals surface area contributed by atoms with Crippen LogP contribution in [0.15, 0.2) is 12.7 Å². The van der Waals surface area contributed by atoms with Crippen LogP contribution in [0.4, 0.5) is 13.2 Å². The highest BCUT2D eigenvalue weighted by molar-refractivity contribution is 5.78. The maximum absolute atomic E-state index is 11.9. The van der Waals surface area contributed by atoms with Crippen LogP contribution in [0.25, 0.3) is 0 Å². The van der Waals surface area contributed by atoms with Crippen LogP contribution >= 0.6 is 0 Å². The lowest BCUT2D eigenvalue weighted by molar-refractivity contribution is -0.154. The van der Waals surface area contributed by atoms with E-state index in [2.05, 4.69) is 6.58 Å². The Kier molecular flexibility index (Phi) is 5.55.